The fourth-order valence-corrected chi connectivity index (χ4v) is 3.56. The number of imidazole rings is 1. The van der Waals surface area contributed by atoms with Gasteiger partial charge in [-0.25, -0.2) is 23.2 Å². The van der Waals surface area contributed by atoms with Crippen LogP contribution in [0.15, 0.2) is 61.1 Å². The normalized spacial score (nSPS) is 14.7. The van der Waals surface area contributed by atoms with E-state index in [9.17, 15) is 18.4 Å². The molecule has 11 heteroatoms. The summed E-state index contributed by atoms with van der Waals surface area (Å²) in [6, 6.07) is 13.0. The summed E-state index contributed by atoms with van der Waals surface area (Å²) in [6.07, 6.45) is 3.94. The van der Waals surface area contributed by atoms with Crippen LogP contribution < -0.4 is 10.1 Å². The van der Waals surface area contributed by atoms with Gasteiger partial charge < -0.3 is 14.0 Å². The van der Waals surface area contributed by atoms with E-state index >= 15 is 0 Å². The lowest BCUT2D eigenvalue weighted by Crippen LogP contribution is -2.58. The number of rotatable bonds is 4. The Labute approximate surface area is 186 Å². The zero-order valence-corrected chi connectivity index (χ0v) is 17.4. The molecule has 9 nitrogen and oxygen atoms in total. The number of likely N-dealkylation sites (tertiary alicyclic amines) is 1. The maximum atomic E-state index is 13.1. The van der Waals surface area contributed by atoms with Crippen molar-refractivity contribution >= 4 is 23.3 Å². The molecular weight excluding hydrogens is 434 g/mol. The predicted octanol–water partition coefficient (Wildman–Crippen LogP) is 3.44. The van der Waals surface area contributed by atoms with Gasteiger partial charge in [-0.3, -0.25) is 10.1 Å². The standard InChI is InChI=1S/C22H18F2N6O3/c1-28-20(16(10-25-28)19(31)30-12-22(23,24)13-30)33-21(32)26-15-7-8-29-11-17(27-18(29)9-15)14-5-3-2-4-6-14/h2-11H,12-13H2,1H3,(H,26,32). The molecule has 0 saturated carbocycles. The number of benzene rings is 1. The molecule has 4 heterocycles. The number of carbonyl (C=O) groups is 2. The van der Waals surface area contributed by atoms with Crippen LogP contribution in [0.3, 0.4) is 0 Å². The summed E-state index contributed by atoms with van der Waals surface area (Å²) in [5.41, 5.74) is 2.71. The lowest BCUT2D eigenvalue weighted by atomic mass is 10.1. The topological polar surface area (TPSA) is 93.8 Å². The third-order valence-electron chi connectivity index (χ3n) is 5.21. The molecule has 1 N–H and O–H groups in total. The molecule has 1 saturated heterocycles. The van der Waals surface area contributed by atoms with Crippen LogP contribution in [0.1, 0.15) is 10.4 Å². The lowest BCUT2D eigenvalue weighted by molar-refractivity contribution is -0.113. The van der Waals surface area contributed by atoms with E-state index in [2.05, 4.69) is 15.4 Å². The van der Waals surface area contributed by atoms with Crippen molar-refractivity contribution in [2.45, 2.75) is 5.92 Å². The Morgan fingerprint density at radius 2 is 1.91 bits per heavy atom. The van der Waals surface area contributed by atoms with E-state index < -0.39 is 31.0 Å². The highest BCUT2D eigenvalue weighted by molar-refractivity contribution is 5.98. The number of halogens is 2. The van der Waals surface area contributed by atoms with Gasteiger partial charge in [0.2, 0.25) is 5.88 Å². The lowest BCUT2D eigenvalue weighted by Gasteiger charge is -2.38. The first kappa shape index (κ1) is 20.6. The van der Waals surface area contributed by atoms with Gasteiger partial charge >= 0.3 is 6.09 Å². The summed E-state index contributed by atoms with van der Waals surface area (Å²) in [5, 5.41) is 6.50. The fraction of sp³-hybridized carbons (Fsp3) is 0.182. The zero-order chi connectivity index (χ0) is 23.2. The quantitative estimate of drug-likeness (QED) is 0.512. The van der Waals surface area contributed by atoms with Gasteiger partial charge in [0.05, 0.1) is 25.0 Å². The third kappa shape index (κ3) is 4.00. The van der Waals surface area contributed by atoms with Crippen LogP contribution >= 0.6 is 0 Å². The van der Waals surface area contributed by atoms with Crippen molar-refractivity contribution in [1.29, 1.82) is 0 Å². The van der Waals surface area contributed by atoms with E-state index in [1.165, 1.54) is 17.9 Å². The minimum absolute atomic E-state index is 0.0700. The molecule has 4 aromatic rings. The number of anilines is 1. The van der Waals surface area contributed by atoms with Crippen LogP contribution in [0.25, 0.3) is 16.9 Å². The van der Waals surface area contributed by atoms with E-state index in [1.807, 2.05) is 40.9 Å². The van der Waals surface area contributed by atoms with Crippen molar-refractivity contribution in [1.82, 2.24) is 24.1 Å². The van der Waals surface area contributed by atoms with Gasteiger partial charge in [-0.05, 0) is 6.07 Å². The highest BCUT2D eigenvalue weighted by Crippen LogP contribution is 2.30. The van der Waals surface area contributed by atoms with Gasteiger partial charge in [0.1, 0.15) is 11.2 Å². The van der Waals surface area contributed by atoms with Crippen LogP contribution in [-0.4, -0.2) is 55.1 Å². The number of carbonyl (C=O) groups excluding carboxylic acids is 2. The highest BCUT2D eigenvalue weighted by atomic mass is 19.3. The smallest absolute Gasteiger partial charge is 0.390 e. The van der Waals surface area contributed by atoms with Crippen molar-refractivity contribution in [3.63, 3.8) is 0 Å². The summed E-state index contributed by atoms with van der Waals surface area (Å²) in [4.78, 5) is 30.5. The summed E-state index contributed by atoms with van der Waals surface area (Å²) in [6.45, 7) is -1.36. The van der Waals surface area contributed by atoms with Crippen molar-refractivity contribution in [2.75, 3.05) is 18.4 Å². The number of hydrogen-bond acceptors (Lipinski definition) is 5. The average molecular weight is 452 g/mol. The molecule has 0 aliphatic carbocycles. The molecular formula is C22H18F2N6O3. The van der Waals surface area contributed by atoms with Crippen LogP contribution in [0.5, 0.6) is 5.88 Å². The first-order chi connectivity index (χ1) is 15.8. The number of hydrogen-bond donors (Lipinski definition) is 1. The largest absolute Gasteiger partial charge is 0.418 e. The Hall–Kier alpha value is -4.28. The van der Waals surface area contributed by atoms with Gasteiger partial charge in [-0.15, -0.1) is 0 Å². The second-order valence-corrected chi connectivity index (χ2v) is 7.69. The van der Waals surface area contributed by atoms with Gasteiger partial charge in [0.15, 0.2) is 0 Å². The van der Waals surface area contributed by atoms with E-state index in [1.54, 1.807) is 18.3 Å². The number of alkyl halides is 2. The molecule has 0 radical (unpaired) electrons. The molecule has 1 aliphatic rings. The van der Waals surface area contributed by atoms with Crippen molar-refractivity contribution in [3.8, 4) is 17.1 Å². The molecule has 1 aromatic carbocycles. The number of ether oxygens (including phenoxy) is 1. The van der Waals surface area contributed by atoms with Crippen molar-refractivity contribution in [2.24, 2.45) is 7.05 Å². The molecule has 0 atom stereocenters. The second kappa shape index (κ2) is 7.69. The second-order valence-electron chi connectivity index (χ2n) is 7.69. The molecule has 168 valence electrons. The van der Waals surface area contributed by atoms with E-state index in [0.717, 1.165) is 16.2 Å². The maximum Gasteiger partial charge on any atom is 0.418 e. The van der Waals surface area contributed by atoms with Crippen LogP contribution in [0.2, 0.25) is 0 Å². The van der Waals surface area contributed by atoms with Crippen LogP contribution in [0, 0.1) is 0 Å². The molecule has 1 aliphatic heterocycles. The molecule has 2 amide bonds. The fourth-order valence-electron chi connectivity index (χ4n) is 3.56. The van der Waals surface area contributed by atoms with Gasteiger partial charge in [-0.2, -0.15) is 5.10 Å². The monoisotopic (exact) mass is 452 g/mol. The van der Waals surface area contributed by atoms with E-state index in [4.69, 9.17) is 4.74 Å². The van der Waals surface area contributed by atoms with Crippen molar-refractivity contribution < 1.29 is 23.1 Å². The molecule has 3 aromatic heterocycles. The average Bonchev–Trinajstić information content (AvgIpc) is 3.35. The van der Waals surface area contributed by atoms with Crippen LogP contribution in [-0.2, 0) is 7.05 Å². The Morgan fingerprint density at radius 1 is 1.15 bits per heavy atom. The molecule has 5 rings (SSSR count). The minimum atomic E-state index is -2.90. The first-order valence-electron chi connectivity index (χ1n) is 10.0. The Morgan fingerprint density at radius 3 is 2.64 bits per heavy atom. The Bertz CT molecular complexity index is 1360. The summed E-state index contributed by atoms with van der Waals surface area (Å²) < 4.78 is 34.5. The summed E-state index contributed by atoms with van der Waals surface area (Å²) in [5.74, 6) is -3.72. The minimum Gasteiger partial charge on any atom is -0.390 e. The SMILES string of the molecule is Cn1ncc(C(=O)N2CC(F)(F)C2)c1OC(=O)Nc1ccn2cc(-c3ccccc3)nc2c1. The first-order valence-corrected chi connectivity index (χ1v) is 10.0. The Kier molecular flexibility index (Phi) is 4.81. The number of nitrogens with zero attached hydrogens (tertiary/aromatic N) is 5. The number of amides is 2. The number of aryl methyl sites for hydroxylation is 1. The van der Waals surface area contributed by atoms with Gasteiger partial charge in [0, 0.05) is 36.8 Å². The maximum absolute atomic E-state index is 13.1. The number of pyridine rings is 1. The van der Waals surface area contributed by atoms with E-state index in [-0.39, 0.29) is 11.4 Å². The number of aromatic nitrogens is 4. The summed E-state index contributed by atoms with van der Waals surface area (Å²) in [7, 11) is 1.48. The highest BCUT2D eigenvalue weighted by Gasteiger charge is 2.47. The number of nitrogens with one attached hydrogen (secondary N) is 1. The molecule has 33 heavy (non-hydrogen) atoms. The molecule has 0 bridgehead atoms. The van der Waals surface area contributed by atoms with Gasteiger partial charge in [-0.1, -0.05) is 30.3 Å². The molecule has 1 fully saturated rings. The van der Waals surface area contributed by atoms with E-state index in [0.29, 0.717) is 11.3 Å². The Balaban J connectivity index is 1.31. The van der Waals surface area contributed by atoms with Gasteiger partial charge in [0.25, 0.3) is 11.8 Å². The number of fused-ring (bicyclic) bond motifs is 1. The molecule has 0 unspecified atom stereocenters. The zero-order valence-electron chi connectivity index (χ0n) is 17.4. The van der Waals surface area contributed by atoms with Crippen molar-refractivity contribution in [3.05, 3.63) is 66.6 Å². The van der Waals surface area contributed by atoms with Crippen LogP contribution in [0.4, 0.5) is 19.3 Å². The summed E-state index contributed by atoms with van der Waals surface area (Å²) >= 11 is 0. The third-order valence-corrected chi connectivity index (χ3v) is 5.21. The molecule has 0 spiro atoms. The predicted molar refractivity (Wildman–Crippen MR) is 114 cm³/mol.